The van der Waals surface area contributed by atoms with E-state index in [2.05, 4.69) is 15.4 Å². The molecule has 1 atom stereocenters. The van der Waals surface area contributed by atoms with E-state index in [0.29, 0.717) is 6.54 Å². The third-order valence-electron chi connectivity index (χ3n) is 4.55. The van der Waals surface area contributed by atoms with Gasteiger partial charge in [0, 0.05) is 38.7 Å². The van der Waals surface area contributed by atoms with Crippen LogP contribution >= 0.6 is 0 Å². The lowest BCUT2D eigenvalue weighted by Gasteiger charge is -2.30. The first kappa shape index (κ1) is 16.5. The Morgan fingerprint density at radius 1 is 1.29 bits per heavy atom. The molecule has 3 rings (SSSR count). The fraction of sp³-hybridized carbons (Fsp3) is 0.500. The van der Waals surface area contributed by atoms with Crippen molar-refractivity contribution in [2.24, 2.45) is 7.05 Å². The summed E-state index contributed by atoms with van der Waals surface area (Å²) in [6.07, 6.45) is 12.7. The van der Waals surface area contributed by atoms with Gasteiger partial charge in [-0.05, 0) is 42.5 Å². The molecule has 2 aromatic rings. The molecule has 1 N–H and O–H groups in total. The number of pyridine rings is 1. The van der Waals surface area contributed by atoms with E-state index in [-0.39, 0.29) is 12.1 Å². The molecule has 1 aliphatic heterocycles. The Hall–Kier alpha value is -2.37. The molecular weight excluding hydrogens is 302 g/mol. The number of aryl methyl sites for hydroxylation is 1. The Labute approximate surface area is 142 Å². The lowest BCUT2D eigenvalue weighted by molar-refractivity contribution is 0.176. The molecule has 2 aromatic heterocycles. The second-order valence-electron chi connectivity index (χ2n) is 6.34. The molecule has 0 radical (unpaired) electrons. The summed E-state index contributed by atoms with van der Waals surface area (Å²) in [6, 6.07) is 4.22. The SMILES string of the molecule is Cn1cc(CCNC(=O)N2CCCCCC2c2ccncc2)cn1. The first-order valence-corrected chi connectivity index (χ1v) is 8.66. The lowest BCUT2D eigenvalue weighted by Crippen LogP contribution is -2.42. The van der Waals surface area contributed by atoms with Crippen LogP contribution in [0.3, 0.4) is 0 Å². The summed E-state index contributed by atoms with van der Waals surface area (Å²) in [5, 5.41) is 7.23. The van der Waals surface area contributed by atoms with Gasteiger partial charge in [0.2, 0.25) is 0 Å². The minimum absolute atomic E-state index is 0.0302. The Balaban J connectivity index is 1.61. The second kappa shape index (κ2) is 7.95. The van der Waals surface area contributed by atoms with Crippen molar-refractivity contribution < 1.29 is 4.79 Å². The number of carbonyl (C=O) groups excluding carboxylic acids is 1. The molecule has 0 bridgehead atoms. The first-order chi connectivity index (χ1) is 11.7. The number of rotatable bonds is 4. The van der Waals surface area contributed by atoms with Gasteiger partial charge in [-0.3, -0.25) is 9.67 Å². The predicted molar refractivity (Wildman–Crippen MR) is 92.5 cm³/mol. The Kier molecular flexibility index (Phi) is 5.46. The first-order valence-electron chi connectivity index (χ1n) is 8.66. The van der Waals surface area contributed by atoms with E-state index in [1.54, 1.807) is 17.1 Å². The van der Waals surface area contributed by atoms with Gasteiger partial charge in [-0.25, -0.2) is 4.79 Å². The normalized spacial score (nSPS) is 18.2. The number of aromatic nitrogens is 3. The maximum atomic E-state index is 12.7. The lowest BCUT2D eigenvalue weighted by atomic mass is 10.0. The van der Waals surface area contributed by atoms with Crippen molar-refractivity contribution in [1.82, 2.24) is 25.0 Å². The van der Waals surface area contributed by atoms with Gasteiger partial charge in [0.15, 0.2) is 0 Å². The maximum Gasteiger partial charge on any atom is 0.317 e. The van der Waals surface area contributed by atoms with E-state index in [4.69, 9.17) is 0 Å². The quantitative estimate of drug-likeness (QED) is 0.939. The van der Waals surface area contributed by atoms with Crippen molar-refractivity contribution >= 4 is 6.03 Å². The predicted octanol–water partition coefficient (Wildman–Crippen LogP) is 2.68. The molecule has 1 aliphatic rings. The van der Waals surface area contributed by atoms with E-state index in [1.807, 2.05) is 36.5 Å². The van der Waals surface area contributed by atoms with Gasteiger partial charge < -0.3 is 10.2 Å². The van der Waals surface area contributed by atoms with E-state index >= 15 is 0 Å². The van der Waals surface area contributed by atoms with E-state index in [1.165, 1.54) is 12.0 Å². The van der Waals surface area contributed by atoms with Gasteiger partial charge >= 0.3 is 6.03 Å². The van der Waals surface area contributed by atoms with E-state index < -0.39 is 0 Å². The molecule has 6 heteroatoms. The number of hydrogen-bond acceptors (Lipinski definition) is 3. The molecule has 128 valence electrons. The minimum Gasteiger partial charge on any atom is -0.338 e. The number of nitrogens with one attached hydrogen (secondary N) is 1. The number of likely N-dealkylation sites (tertiary alicyclic amines) is 1. The van der Waals surface area contributed by atoms with Crippen molar-refractivity contribution in [3.8, 4) is 0 Å². The summed E-state index contributed by atoms with van der Waals surface area (Å²) >= 11 is 0. The number of urea groups is 1. The smallest absolute Gasteiger partial charge is 0.317 e. The molecule has 1 saturated heterocycles. The summed E-state index contributed by atoms with van der Waals surface area (Å²) in [6.45, 7) is 1.44. The zero-order valence-corrected chi connectivity index (χ0v) is 14.2. The summed E-state index contributed by atoms with van der Waals surface area (Å²) in [4.78, 5) is 18.8. The fourth-order valence-electron chi connectivity index (χ4n) is 3.30. The Morgan fingerprint density at radius 3 is 2.88 bits per heavy atom. The summed E-state index contributed by atoms with van der Waals surface area (Å²) in [5.41, 5.74) is 2.31. The standard InChI is InChI=1S/C18H25N5O/c1-22-14-15(13-21-22)6-11-20-18(24)23-12-4-2-3-5-17(23)16-7-9-19-10-8-16/h7-10,13-14,17H,2-6,11-12H2,1H3,(H,20,24). The maximum absolute atomic E-state index is 12.7. The van der Waals surface area contributed by atoms with Crippen LogP contribution in [0.1, 0.15) is 42.9 Å². The minimum atomic E-state index is 0.0302. The van der Waals surface area contributed by atoms with Crippen LogP contribution in [0.4, 0.5) is 4.79 Å². The van der Waals surface area contributed by atoms with Crippen LogP contribution in [0.2, 0.25) is 0 Å². The second-order valence-corrected chi connectivity index (χ2v) is 6.34. The van der Waals surface area contributed by atoms with Gasteiger partial charge in [-0.1, -0.05) is 12.8 Å². The zero-order chi connectivity index (χ0) is 16.8. The molecule has 3 heterocycles. The largest absolute Gasteiger partial charge is 0.338 e. The fourth-order valence-corrected chi connectivity index (χ4v) is 3.30. The van der Waals surface area contributed by atoms with Gasteiger partial charge in [0.05, 0.1) is 12.2 Å². The van der Waals surface area contributed by atoms with Gasteiger partial charge in [0.25, 0.3) is 0 Å². The number of nitrogens with zero attached hydrogens (tertiary/aromatic N) is 4. The van der Waals surface area contributed by atoms with E-state index in [0.717, 1.165) is 37.8 Å². The molecule has 6 nitrogen and oxygen atoms in total. The van der Waals surface area contributed by atoms with E-state index in [9.17, 15) is 4.79 Å². The molecule has 0 spiro atoms. The van der Waals surface area contributed by atoms with Crippen LogP contribution in [-0.2, 0) is 13.5 Å². The van der Waals surface area contributed by atoms with Gasteiger partial charge in [-0.15, -0.1) is 0 Å². The highest BCUT2D eigenvalue weighted by atomic mass is 16.2. The number of hydrogen-bond donors (Lipinski definition) is 1. The van der Waals surface area contributed by atoms with Crippen LogP contribution in [-0.4, -0.2) is 38.8 Å². The Bertz CT molecular complexity index is 654. The average Bonchev–Trinajstić information content (AvgIpc) is 2.86. The van der Waals surface area contributed by atoms with Crippen molar-refractivity contribution in [1.29, 1.82) is 0 Å². The highest BCUT2D eigenvalue weighted by molar-refractivity contribution is 5.74. The average molecular weight is 327 g/mol. The van der Waals surface area contributed by atoms with Crippen LogP contribution < -0.4 is 5.32 Å². The molecule has 2 amide bonds. The highest BCUT2D eigenvalue weighted by Gasteiger charge is 2.26. The third-order valence-corrected chi connectivity index (χ3v) is 4.55. The van der Waals surface area contributed by atoms with Crippen molar-refractivity contribution in [2.75, 3.05) is 13.1 Å². The third kappa shape index (κ3) is 4.13. The molecule has 0 saturated carbocycles. The highest BCUT2D eigenvalue weighted by Crippen LogP contribution is 2.29. The van der Waals surface area contributed by atoms with Crippen LogP contribution in [0.25, 0.3) is 0 Å². The molecular formula is C18H25N5O. The topological polar surface area (TPSA) is 63.1 Å². The summed E-state index contributed by atoms with van der Waals surface area (Å²) in [5.74, 6) is 0. The molecule has 1 unspecified atom stereocenters. The van der Waals surface area contributed by atoms with Crippen molar-refractivity contribution in [3.63, 3.8) is 0 Å². The Morgan fingerprint density at radius 2 is 2.12 bits per heavy atom. The van der Waals surface area contributed by atoms with Crippen LogP contribution in [0, 0.1) is 0 Å². The van der Waals surface area contributed by atoms with Gasteiger partial charge in [0.1, 0.15) is 0 Å². The molecule has 1 fully saturated rings. The summed E-state index contributed by atoms with van der Waals surface area (Å²) < 4.78 is 1.78. The monoisotopic (exact) mass is 327 g/mol. The molecule has 24 heavy (non-hydrogen) atoms. The van der Waals surface area contributed by atoms with Gasteiger partial charge in [-0.2, -0.15) is 5.10 Å². The number of carbonyl (C=O) groups is 1. The molecule has 0 aromatic carbocycles. The van der Waals surface area contributed by atoms with Crippen LogP contribution in [0.5, 0.6) is 0 Å². The van der Waals surface area contributed by atoms with Crippen LogP contribution in [0.15, 0.2) is 36.9 Å². The van der Waals surface area contributed by atoms with Crippen molar-refractivity contribution in [3.05, 3.63) is 48.0 Å². The summed E-state index contributed by atoms with van der Waals surface area (Å²) in [7, 11) is 1.90. The number of amides is 2. The van der Waals surface area contributed by atoms with Crippen molar-refractivity contribution in [2.45, 2.75) is 38.1 Å². The molecule has 0 aliphatic carbocycles. The zero-order valence-electron chi connectivity index (χ0n) is 14.2.